The lowest BCUT2D eigenvalue weighted by Gasteiger charge is -2.16. The third-order valence-corrected chi connectivity index (χ3v) is 3.82. The lowest BCUT2D eigenvalue weighted by molar-refractivity contribution is 0.540. The number of nitrogens with zero attached hydrogens (tertiary/aromatic N) is 1. The van der Waals surface area contributed by atoms with E-state index in [1.54, 1.807) is 11.8 Å². The van der Waals surface area contributed by atoms with Gasteiger partial charge in [-0.05, 0) is 37.1 Å². The van der Waals surface area contributed by atoms with E-state index in [1.807, 2.05) is 6.26 Å². The zero-order valence-electron chi connectivity index (χ0n) is 9.70. The zero-order chi connectivity index (χ0) is 11.4. The maximum atomic E-state index is 5.77. The van der Waals surface area contributed by atoms with Crippen LogP contribution < -0.4 is 11.1 Å². The summed E-state index contributed by atoms with van der Waals surface area (Å²) in [6, 6.07) is 0.468. The summed E-state index contributed by atoms with van der Waals surface area (Å²) >= 11 is 3.10. The van der Waals surface area contributed by atoms with Crippen molar-refractivity contribution in [3.05, 3.63) is 0 Å². The van der Waals surface area contributed by atoms with Gasteiger partial charge in [-0.3, -0.25) is 0 Å². The predicted octanol–water partition coefficient (Wildman–Crippen LogP) is 3.29. The summed E-state index contributed by atoms with van der Waals surface area (Å²) in [5.74, 6) is 1.35. The van der Waals surface area contributed by atoms with Crippen LogP contribution in [0.5, 0.6) is 0 Å². The molecule has 0 aromatic carbocycles. The van der Waals surface area contributed by atoms with Crippen LogP contribution in [0.15, 0.2) is 4.90 Å². The van der Waals surface area contributed by atoms with Crippen LogP contribution in [0.4, 0.5) is 10.8 Å². The number of nitrogens with one attached hydrogen (secondary N) is 1. The Labute approximate surface area is 100.0 Å². The van der Waals surface area contributed by atoms with Crippen LogP contribution in [-0.4, -0.2) is 16.7 Å². The van der Waals surface area contributed by atoms with E-state index < -0.39 is 0 Å². The van der Waals surface area contributed by atoms with Crippen LogP contribution in [0.3, 0.4) is 0 Å². The van der Waals surface area contributed by atoms with Gasteiger partial charge in [0.2, 0.25) is 0 Å². The van der Waals surface area contributed by atoms with Crippen molar-refractivity contribution in [2.45, 2.75) is 38.1 Å². The molecule has 0 spiro atoms. The average molecular weight is 245 g/mol. The summed E-state index contributed by atoms with van der Waals surface area (Å²) in [7, 11) is 0. The zero-order valence-corrected chi connectivity index (χ0v) is 11.3. The lowest BCUT2D eigenvalue weighted by Crippen LogP contribution is -2.17. The van der Waals surface area contributed by atoms with Gasteiger partial charge in [-0.2, -0.15) is 4.37 Å². The molecule has 5 heteroatoms. The summed E-state index contributed by atoms with van der Waals surface area (Å²) in [5.41, 5.74) is 5.77. The summed E-state index contributed by atoms with van der Waals surface area (Å²) in [6.07, 6.45) is 3.18. The Morgan fingerprint density at radius 3 is 2.67 bits per heavy atom. The molecule has 0 amide bonds. The second-order valence-corrected chi connectivity index (χ2v) is 5.70. The minimum Gasteiger partial charge on any atom is -0.382 e. The number of hydrogen-bond acceptors (Lipinski definition) is 5. The molecule has 1 heterocycles. The Bertz CT molecular complexity index is 310. The number of rotatable bonds is 5. The van der Waals surface area contributed by atoms with Crippen molar-refractivity contribution in [2.24, 2.45) is 5.92 Å². The van der Waals surface area contributed by atoms with E-state index in [9.17, 15) is 0 Å². The molecule has 3 nitrogen and oxygen atoms in total. The predicted molar refractivity (Wildman–Crippen MR) is 70.8 cm³/mol. The van der Waals surface area contributed by atoms with Crippen molar-refractivity contribution >= 4 is 34.1 Å². The summed E-state index contributed by atoms with van der Waals surface area (Å²) < 4.78 is 4.16. The summed E-state index contributed by atoms with van der Waals surface area (Å²) in [5, 5.41) is 4.57. The van der Waals surface area contributed by atoms with Gasteiger partial charge in [-0.1, -0.05) is 13.8 Å². The van der Waals surface area contributed by atoms with Gasteiger partial charge in [0.05, 0.1) is 4.90 Å². The molecule has 0 aliphatic rings. The van der Waals surface area contributed by atoms with E-state index in [-0.39, 0.29) is 0 Å². The number of aromatic nitrogens is 1. The quantitative estimate of drug-likeness (QED) is 0.782. The van der Waals surface area contributed by atoms with Crippen molar-refractivity contribution in [3.8, 4) is 0 Å². The van der Waals surface area contributed by atoms with E-state index in [4.69, 9.17) is 5.73 Å². The van der Waals surface area contributed by atoms with Crippen LogP contribution in [-0.2, 0) is 0 Å². The molecule has 1 atom stereocenters. The average Bonchev–Trinajstić information content (AvgIpc) is 2.45. The molecule has 0 saturated carbocycles. The molecular formula is C10H19N3S2. The van der Waals surface area contributed by atoms with E-state index in [0.29, 0.717) is 17.8 Å². The van der Waals surface area contributed by atoms with E-state index in [2.05, 4.69) is 30.5 Å². The van der Waals surface area contributed by atoms with Crippen LogP contribution in [0.25, 0.3) is 0 Å². The second-order valence-electron chi connectivity index (χ2n) is 4.11. The Morgan fingerprint density at radius 2 is 2.13 bits per heavy atom. The molecular weight excluding hydrogens is 226 g/mol. The topological polar surface area (TPSA) is 50.9 Å². The SMILES string of the molecule is CSc1c(N)nsc1NC(C)CC(C)C. The largest absolute Gasteiger partial charge is 0.382 e. The molecule has 0 saturated heterocycles. The lowest BCUT2D eigenvalue weighted by atomic mass is 10.1. The van der Waals surface area contributed by atoms with Crippen molar-refractivity contribution < 1.29 is 0 Å². The van der Waals surface area contributed by atoms with Gasteiger partial charge >= 0.3 is 0 Å². The van der Waals surface area contributed by atoms with Gasteiger partial charge in [0.1, 0.15) is 5.00 Å². The van der Waals surface area contributed by atoms with Crippen LogP contribution in [0.2, 0.25) is 0 Å². The number of hydrogen-bond donors (Lipinski definition) is 2. The fraction of sp³-hybridized carbons (Fsp3) is 0.700. The highest BCUT2D eigenvalue weighted by Crippen LogP contribution is 2.35. The van der Waals surface area contributed by atoms with Gasteiger partial charge in [0.25, 0.3) is 0 Å². The molecule has 3 N–H and O–H groups in total. The third-order valence-electron chi connectivity index (χ3n) is 2.08. The van der Waals surface area contributed by atoms with Crippen molar-refractivity contribution in [3.63, 3.8) is 0 Å². The van der Waals surface area contributed by atoms with E-state index in [1.165, 1.54) is 11.5 Å². The highest BCUT2D eigenvalue weighted by atomic mass is 32.2. The smallest absolute Gasteiger partial charge is 0.153 e. The Balaban J connectivity index is 2.63. The molecule has 0 aliphatic carbocycles. The molecule has 1 unspecified atom stereocenters. The number of anilines is 2. The van der Waals surface area contributed by atoms with Crippen molar-refractivity contribution in [1.29, 1.82) is 0 Å². The molecule has 1 rings (SSSR count). The van der Waals surface area contributed by atoms with Gasteiger partial charge in [0.15, 0.2) is 5.82 Å². The van der Waals surface area contributed by atoms with Gasteiger partial charge in [0, 0.05) is 6.04 Å². The number of thioether (sulfide) groups is 1. The minimum absolute atomic E-state index is 0.468. The molecule has 15 heavy (non-hydrogen) atoms. The molecule has 0 radical (unpaired) electrons. The fourth-order valence-electron chi connectivity index (χ4n) is 1.57. The van der Waals surface area contributed by atoms with Crippen LogP contribution >= 0.6 is 23.3 Å². The van der Waals surface area contributed by atoms with Gasteiger partial charge < -0.3 is 11.1 Å². The van der Waals surface area contributed by atoms with Crippen LogP contribution in [0, 0.1) is 5.92 Å². The molecule has 1 aromatic rings. The Morgan fingerprint density at radius 1 is 1.47 bits per heavy atom. The van der Waals surface area contributed by atoms with Crippen LogP contribution in [0.1, 0.15) is 27.2 Å². The minimum atomic E-state index is 0.468. The fourth-order valence-corrected chi connectivity index (χ4v) is 3.21. The standard InChI is InChI=1S/C10H19N3S2/c1-6(2)5-7(3)12-10-8(14-4)9(11)13-15-10/h6-7,12H,5H2,1-4H3,(H2,11,13). The summed E-state index contributed by atoms with van der Waals surface area (Å²) in [6.45, 7) is 6.66. The summed E-state index contributed by atoms with van der Waals surface area (Å²) in [4.78, 5) is 1.08. The van der Waals surface area contributed by atoms with E-state index in [0.717, 1.165) is 16.3 Å². The molecule has 0 fully saturated rings. The first kappa shape index (κ1) is 12.6. The molecule has 0 aliphatic heterocycles. The Kier molecular flexibility index (Phi) is 4.73. The first-order chi connectivity index (χ1) is 7.04. The van der Waals surface area contributed by atoms with E-state index >= 15 is 0 Å². The van der Waals surface area contributed by atoms with Gasteiger partial charge in [-0.15, -0.1) is 11.8 Å². The third kappa shape index (κ3) is 3.57. The van der Waals surface area contributed by atoms with Crippen molar-refractivity contribution in [1.82, 2.24) is 4.37 Å². The highest BCUT2D eigenvalue weighted by molar-refractivity contribution is 7.99. The maximum Gasteiger partial charge on any atom is 0.153 e. The normalized spacial score (nSPS) is 13.1. The second kappa shape index (κ2) is 5.61. The maximum absolute atomic E-state index is 5.77. The molecule has 86 valence electrons. The molecule has 1 aromatic heterocycles. The number of nitrogens with two attached hydrogens (primary N) is 1. The monoisotopic (exact) mass is 245 g/mol. The first-order valence-corrected chi connectivity index (χ1v) is 7.10. The van der Waals surface area contributed by atoms with Gasteiger partial charge in [-0.25, -0.2) is 0 Å². The highest BCUT2D eigenvalue weighted by Gasteiger charge is 2.13. The van der Waals surface area contributed by atoms with Crippen molar-refractivity contribution in [2.75, 3.05) is 17.3 Å². The first-order valence-electron chi connectivity index (χ1n) is 5.10. The number of nitrogen functional groups attached to an aromatic ring is 1. The Hall–Kier alpha value is -0.420. The molecule has 0 bridgehead atoms.